The standard InChI is InChI=1S/C18H14BrF3N4/c1-10-2-5-12(19)8-14(10)15-9-16(26-17(23)25-15)24-13-6-3-11(4-7-13)18(20,21)22/h2-9H,1H3,(H3,23,24,25,26). The van der Waals surface area contributed by atoms with Gasteiger partial charge in [0.1, 0.15) is 5.82 Å². The molecule has 3 N–H and O–H groups in total. The van der Waals surface area contributed by atoms with Gasteiger partial charge in [-0.1, -0.05) is 22.0 Å². The van der Waals surface area contributed by atoms with Crippen molar-refractivity contribution in [3.05, 3.63) is 64.1 Å². The first-order valence-corrected chi connectivity index (χ1v) is 8.37. The third-order valence-corrected chi connectivity index (χ3v) is 4.20. The van der Waals surface area contributed by atoms with E-state index in [1.54, 1.807) is 6.07 Å². The number of hydrogen-bond donors (Lipinski definition) is 2. The van der Waals surface area contributed by atoms with Crippen LogP contribution in [0.1, 0.15) is 11.1 Å². The molecule has 0 fully saturated rings. The lowest BCUT2D eigenvalue weighted by atomic mass is 10.1. The summed E-state index contributed by atoms with van der Waals surface area (Å²) < 4.78 is 38.8. The molecule has 0 atom stereocenters. The molecule has 0 saturated carbocycles. The van der Waals surface area contributed by atoms with Crippen LogP contribution in [0, 0.1) is 6.92 Å². The predicted octanol–water partition coefficient (Wildman–Crippen LogP) is 5.56. The Bertz CT molecular complexity index is 940. The molecule has 0 unspecified atom stereocenters. The van der Waals surface area contributed by atoms with Crippen molar-refractivity contribution >= 4 is 33.4 Å². The molecule has 4 nitrogen and oxygen atoms in total. The maximum absolute atomic E-state index is 12.6. The first-order chi connectivity index (χ1) is 12.2. The molecular formula is C18H14BrF3N4. The molecule has 0 aliphatic heterocycles. The first kappa shape index (κ1) is 18.2. The second kappa shape index (κ2) is 6.95. The summed E-state index contributed by atoms with van der Waals surface area (Å²) in [5.74, 6) is 0.461. The van der Waals surface area contributed by atoms with Crippen LogP contribution < -0.4 is 11.1 Å². The summed E-state index contributed by atoms with van der Waals surface area (Å²) in [4.78, 5) is 8.35. The highest BCUT2D eigenvalue weighted by molar-refractivity contribution is 9.10. The quantitative estimate of drug-likeness (QED) is 0.579. The monoisotopic (exact) mass is 422 g/mol. The van der Waals surface area contributed by atoms with Crippen molar-refractivity contribution in [2.75, 3.05) is 11.1 Å². The maximum Gasteiger partial charge on any atom is 0.416 e. The van der Waals surface area contributed by atoms with Gasteiger partial charge in [0.2, 0.25) is 5.95 Å². The third kappa shape index (κ3) is 4.13. The number of halogens is 4. The van der Waals surface area contributed by atoms with Crippen LogP contribution >= 0.6 is 15.9 Å². The van der Waals surface area contributed by atoms with E-state index in [2.05, 4.69) is 31.2 Å². The van der Waals surface area contributed by atoms with Gasteiger partial charge in [-0.25, -0.2) is 4.98 Å². The van der Waals surface area contributed by atoms with Gasteiger partial charge in [0, 0.05) is 21.8 Å². The molecule has 0 amide bonds. The van der Waals surface area contributed by atoms with E-state index in [1.165, 1.54) is 12.1 Å². The third-order valence-electron chi connectivity index (χ3n) is 3.70. The zero-order valence-electron chi connectivity index (χ0n) is 13.6. The van der Waals surface area contributed by atoms with E-state index in [-0.39, 0.29) is 5.95 Å². The summed E-state index contributed by atoms with van der Waals surface area (Å²) in [6.07, 6.45) is -4.37. The van der Waals surface area contributed by atoms with Gasteiger partial charge in [0.25, 0.3) is 0 Å². The number of rotatable bonds is 3. The fourth-order valence-corrected chi connectivity index (χ4v) is 2.79. The summed E-state index contributed by atoms with van der Waals surface area (Å²) in [7, 11) is 0. The van der Waals surface area contributed by atoms with Gasteiger partial charge in [0.15, 0.2) is 0 Å². The molecule has 1 heterocycles. The SMILES string of the molecule is Cc1ccc(Br)cc1-c1cc(Nc2ccc(C(F)(F)F)cc2)nc(N)n1. The van der Waals surface area contributed by atoms with E-state index < -0.39 is 11.7 Å². The van der Waals surface area contributed by atoms with Crippen molar-refractivity contribution < 1.29 is 13.2 Å². The molecule has 3 rings (SSSR count). The van der Waals surface area contributed by atoms with Crippen molar-refractivity contribution in [2.24, 2.45) is 0 Å². The van der Waals surface area contributed by atoms with E-state index in [4.69, 9.17) is 5.73 Å². The molecule has 0 spiro atoms. The minimum absolute atomic E-state index is 0.0660. The highest BCUT2D eigenvalue weighted by Crippen LogP contribution is 2.31. The van der Waals surface area contributed by atoms with Crippen molar-refractivity contribution in [1.82, 2.24) is 9.97 Å². The van der Waals surface area contributed by atoms with Crippen LogP contribution in [0.4, 0.5) is 30.6 Å². The van der Waals surface area contributed by atoms with Crippen molar-refractivity contribution in [2.45, 2.75) is 13.1 Å². The number of nitrogens with one attached hydrogen (secondary N) is 1. The maximum atomic E-state index is 12.6. The molecule has 2 aromatic carbocycles. The Balaban J connectivity index is 1.92. The molecule has 0 aliphatic rings. The molecule has 1 aromatic heterocycles. The predicted molar refractivity (Wildman–Crippen MR) is 99.0 cm³/mol. The molecule has 134 valence electrons. The number of nitrogens with zero attached hydrogens (tertiary/aromatic N) is 2. The fraction of sp³-hybridized carbons (Fsp3) is 0.111. The summed E-state index contributed by atoms with van der Waals surface area (Å²) in [5.41, 5.74) is 8.05. The molecular weight excluding hydrogens is 409 g/mol. The highest BCUT2D eigenvalue weighted by atomic mass is 79.9. The molecule has 0 bridgehead atoms. The second-order valence-corrected chi connectivity index (χ2v) is 6.57. The molecule has 0 saturated heterocycles. The molecule has 8 heteroatoms. The van der Waals surface area contributed by atoms with Gasteiger partial charge in [-0.3, -0.25) is 0 Å². The Kier molecular flexibility index (Phi) is 4.86. The summed E-state index contributed by atoms with van der Waals surface area (Å²) in [5, 5.41) is 2.96. The average molecular weight is 423 g/mol. The highest BCUT2D eigenvalue weighted by Gasteiger charge is 2.29. The van der Waals surface area contributed by atoms with Crippen molar-refractivity contribution in [3.63, 3.8) is 0 Å². The topological polar surface area (TPSA) is 63.8 Å². The Hall–Kier alpha value is -2.61. The van der Waals surface area contributed by atoms with Gasteiger partial charge in [0.05, 0.1) is 11.3 Å². The van der Waals surface area contributed by atoms with Gasteiger partial charge in [-0.2, -0.15) is 18.2 Å². The van der Waals surface area contributed by atoms with Crippen LogP contribution in [0.15, 0.2) is 53.0 Å². The van der Waals surface area contributed by atoms with Gasteiger partial charge < -0.3 is 11.1 Å². The van der Waals surface area contributed by atoms with Gasteiger partial charge >= 0.3 is 6.18 Å². The number of aromatic nitrogens is 2. The molecule has 26 heavy (non-hydrogen) atoms. The Morgan fingerprint density at radius 1 is 1.00 bits per heavy atom. The van der Waals surface area contributed by atoms with Gasteiger partial charge in [-0.15, -0.1) is 0 Å². The Labute approximate surface area is 156 Å². The number of hydrogen-bond acceptors (Lipinski definition) is 4. The lowest BCUT2D eigenvalue weighted by Crippen LogP contribution is -2.05. The number of nitrogens with two attached hydrogens (primary N) is 1. The molecule has 0 radical (unpaired) electrons. The van der Waals surface area contributed by atoms with Crippen LogP contribution in [0.5, 0.6) is 0 Å². The lowest BCUT2D eigenvalue weighted by molar-refractivity contribution is -0.137. The Morgan fingerprint density at radius 2 is 1.69 bits per heavy atom. The largest absolute Gasteiger partial charge is 0.416 e. The summed E-state index contributed by atoms with van der Waals surface area (Å²) in [6.45, 7) is 1.95. The number of anilines is 3. The lowest BCUT2D eigenvalue weighted by Gasteiger charge is -2.11. The smallest absolute Gasteiger partial charge is 0.368 e. The van der Waals surface area contributed by atoms with Crippen LogP contribution in [0.25, 0.3) is 11.3 Å². The zero-order valence-corrected chi connectivity index (χ0v) is 15.2. The minimum Gasteiger partial charge on any atom is -0.368 e. The van der Waals surface area contributed by atoms with E-state index >= 15 is 0 Å². The summed E-state index contributed by atoms with van der Waals surface area (Å²) in [6, 6.07) is 12.2. The van der Waals surface area contributed by atoms with E-state index in [1.807, 2.05) is 25.1 Å². The van der Waals surface area contributed by atoms with Crippen LogP contribution in [0.2, 0.25) is 0 Å². The van der Waals surface area contributed by atoms with Crippen LogP contribution in [-0.4, -0.2) is 9.97 Å². The van der Waals surface area contributed by atoms with E-state index in [9.17, 15) is 13.2 Å². The first-order valence-electron chi connectivity index (χ1n) is 7.58. The normalized spacial score (nSPS) is 11.4. The van der Waals surface area contributed by atoms with E-state index in [0.717, 1.165) is 27.7 Å². The van der Waals surface area contributed by atoms with Crippen LogP contribution in [-0.2, 0) is 6.18 Å². The minimum atomic E-state index is -4.37. The number of alkyl halides is 3. The zero-order chi connectivity index (χ0) is 18.9. The average Bonchev–Trinajstić information content (AvgIpc) is 2.56. The fourth-order valence-electron chi connectivity index (χ4n) is 2.43. The second-order valence-electron chi connectivity index (χ2n) is 5.66. The van der Waals surface area contributed by atoms with Crippen molar-refractivity contribution in [3.8, 4) is 11.3 Å². The number of aryl methyl sites for hydroxylation is 1. The molecule has 3 aromatic rings. The summed E-state index contributed by atoms with van der Waals surface area (Å²) >= 11 is 3.42. The van der Waals surface area contributed by atoms with Crippen molar-refractivity contribution in [1.29, 1.82) is 0 Å². The molecule has 0 aliphatic carbocycles. The van der Waals surface area contributed by atoms with Crippen LogP contribution in [0.3, 0.4) is 0 Å². The van der Waals surface area contributed by atoms with E-state index in [0.29, 0.717) is 17.2 Å². The number of benzene rings is 2. The Morgan fingerprint density at radius 3 is 2.35 bits per heavy atom. The van der Waals surface area contributed by atoms with Gasteiger partial charge in [-0.05, 0) is 48.9 Å². The number of nitrogen functional groups attached to an aromatic ring is 1.